The Bertz CT molecular complexity index is 982. The van der Waals surface area contributed by atoms with E-state index in [4.69, 9.17) is 10.5 Å². The lowest BCUT2D eigenvalue weighted by Crippen LogP contribution is -2.32. The highest BCUT2D eigenvalue weighted by Crippen LogP contribution is 2.32. The van der Waals surface area contributed by atoms with Crippen LogP contribution in [0.2, 0.25) is 0 Å². The van der Waals surface area contributed by atoms with Gasteiger partial charge in [-0.25, -0.2) is 4.98 Å². The Morgan fingerprint density at radius 3 is 2.75 bits per heavy atom. The van der Waals surface area contributed by atoms with E-state index in [1.807, 2.05) is 18.2 Å². The normalized spacial score (nSPS) is 19.4. The van der Waals surface area contributed by atoms with Gasteiger partial charge in [0.25, 0.3) is 5.91 Å². The molecule has 4 N–H and O–H groups in total. The molecule has 2 heterocycles. The number of hydrogen-bond donors (Lipinski definition) is 3. The molecule has 0 unspecified atom stereocenters. The lowest BCUT2D eigenvalue weighted by atomic mass is 9.92. The maximum atomic E-state index is 11.7. The zero-order valence-corrected chi connectivity index (χ0v) is 16.5. The van der Waals surface area contributed by atoms with Crippen LogP contribution in [0.25, 0.3) is 10.2 Å². The van der Waals surface area contributed by atoms with E-state index in [1.165, 1.54) is 0 Å². The van der Waals surface area contributed by atoms with Gasteiger partial charge in [-0.15, -0.1) is 0 Å². The largest absolute Gasteiger partial charge is 0.457 e. The molecule has 1 aliphatic carbocycles. The highest BCUT2D eigenvalue weighted by atomic mass is 32.1. The average Bonchev–Trinajstić information content (AvgIpc) is 3.11. The molecule has 1 aromatic carbocycles. The fraction of sp³-hybridized carbons (Fsp3) is 0.350. The van der Waals surface area contributed by atoms with Crippen molar-refractivity contribution in [2.45, 2.75) is 37.8 Å². The van der Waals surface area contributed by atoms with Crippen LogP contribution in [0.4, 0.5) is 5.13 Å². The number of hydrogen-bond acceptors (Lipinski definition) is 7. The van der Waals surface area contributed by atoms with Crippen LogP contribution >= 0.6 is 11.3 Å². The summed E-state index contributed by atoms with van der Waals surface area (Å²) in [7, 11) is 1.57. The molecule has 0 spiro atoms. The standard InChI is InChI=1S/C20H23N5O2S/c1-22-19(26)17-10-15(8-9-23-17)27-14-6-7-16-18(11-14)28-20(25-16)24-13-4-2-12(21)3-5-13/h6-13H,2-5,21H2,1H3,(H,22,26)(H,24,25)/t12-,13+. The number of amides is 1. The monoisotopic (exact) mass is 397 g/mol. The fourth-order valence-corrected chi connectivity index (χ4v) is 4.30. The third kappa shape index (κ3) is 4.23. The number of thiazole rings is 1. The number of benzene rings is 1. The SMILES string of the molecule is CNC(=O)c1cc(Oc2ccc3nc(N[C@H]4CC[C@@H](N)CC4)sc3c2)ccn1. The van der Waals surface area contributed by atoms with Gasteiger partial charge in [-0.3, -0.25) is 9.78 Å². The van der Waals surface area contributed by atoms with Gasteiger partial charge in [0.2, 0.25) is 0 Å². The van der Waals surface area contributed by atoms with Gasteiger partial charge in [-0.1, -0.05) is 11.3 Å². The summed E-state index contributed by atoms with van der Waals surface area (Å²) in [5, 5.41) is 7.03. The summed E-state index contributed by atoms with van der Waals surface area (Å²) < 4.78 is 6.97. The van der Waals surface area contributed by atoms with Crippen LogP contribution in [0.15, 0.2) is 36.5 Å². The first-order chi connectivity index (χ1) is 13.6. The van der Waals surface area contributed by atoms with E-state index in [-0.39, 0.29) is 5.91 Å². The van der Waals surface area contributed by atoms with Gasteiger partial charge in [-0.2, -0.15) is 0 Å². The Morgan fingerprint density at radius 2 is 1.96 bits per heavy atom. The average molecular weight is 398 g/mol. The van der Waals surface area contributed by atoms with Gasteiger partial charge < -0.3 is 21.1 Å². The van der Waals surface area contributed by atoms with Crippen molar-refractivity contribution in [2.75, 3.05) is 12.4 Å². The van der Waals surface area contributed by atoms with Crippen LogP contribution in [0.5, 0.6) is 11.5 Å². The Labute approximate surface area is 167 Å². The third-order valence-corrected chi connectivity index (χ3v) is 5.84. The second-order valence-electron chi connectivity index (χ2n) is 6.96. The Hall–Kier alpha value is -2.71. The molecule has 0 saturated heterocycles. The summed E-state index contributed by atoms with van der Waals surface area (Å²) in [6, 6.07) is 9.92. The number of aromatic nitrogens is 2. The van der Waals surface area contributed by atoms with Gasteiger partial charge in [0.15, 0.2) is 5.13 Å². The minimum absolute atomic E-state index is 0.247. The van der Waals surface area contributed by atoms with Crippen molar-refractivity contribution in [2.24, 2.45) is 5.73 Å². The second kappa shape index (κ2) is 8.12. The van der Waals surface area contributed by atoms with Crippen molar-refractivity contribution in [3.63, 3.8) is 0 Å². The van der Waals surface area contributed by atoms with E-state index in [1.54, 1.807) is 36.7 Å². The maximum Gasteiger partial charge on any atom is 0.269 e. The molecule has 3 aromatic rings. The number of fused-ring (bicyclic) bond motifs is 1. The van der Waals surface area contributed by atoms with E-state index >= 15 is 0 Å². The zero-order valence-electron chi connectivity index (χ0n) is 15.6. The van der Waals surface area contributed by atoms with Crippen LogP contribution in [0.3, 0.4) is 0 Å². The van der Waals surface area contributed by atoms with Gasteiger partial charge in [0, 0.05) is 37.5 Å². The molecule has 1 fully saturated rings. The predicted molar refractivity (Wildman–Crippen MR) is 111 cm³/mol. The van der Waals surface area contributed by atoms with Gasteiger partial charge in [0.05, 0.1) is 10.2 Å². The zero-order chi connectivity index (χ0) is 19.5. The number of carbonyl (C=O) groups excluding carboxylic acids is 1. The molecule has 28 heavy (non-hydrogen) atoms. The van der Waals surface area contributed by atoms with Crippen molar-refractivity contribution in [3.05, 3.63) is 42.2 Å². The molecule has 2 aromatic heterocycles. The first-order valence-electron chi connectivity index (χ1n) is 9.39. The summed E-state index contributed by atoms with van der Waals surface area (Å²) in [4.78, 5) is 20.5. The summed E-state index contributed by atoms with van der Waals surface area (Å²) in [5.74, 6) is 1.01. The van der Waals surface area contributed by atoms with Crippen molar-refractivity contribution >= 4 is 32.6 Å². The summed E-state index contributed by atoms with van der Waals surface area (Å²) >= 11 is 1.62. The lowest BCUT2D eigenvalue weighted by Gasteiger charge is -2.26. The summed E-state index contributed by atoms with van der Waals surface area (Å²) in [6.45, 7) is 0. The molecular formula is C20H23N5O2S. The molecule has 7 nitrogen and oxygen atoms in total. The number of rotatable bonds is 5. The number of carbonyl (C=O) groups is 1. The minimum atomic E-state index is -0.247. The highest BCUT2D eigenvalue weighted by molar-refractivity contribution is 7.22. The highest BCUT2D eigenvalue weighted by Gasteiger charge is 2.19. The second-order valence-corrected chi connectivity index (χ2v) is 7.99. The summed E-state index contributed by atoms with van der Waals surface area (Å²) in [6.07, 6.45) is 5.85. The number of nitrogens with two attached hydrogens (primary N) is 1. The first kappa shape index (κ1) is 18.6. The number of pyridine rings is 1. The molecule has 0 aliphatic heterocycles. The van der Waals surface area contributed by atoms with E-state index in [0.29, 0.717) is 29.3 Å². The number of anilines is 1. The third-order valence-electron chi connectivity index (χ3n) is 4.89. The topological polar surface area (TPSA) is 102 Å². The molecular weight excluding hydrogens is 374 g/mol. The molecule has 4 rings (SSSR count). The van der Waals surface area contributed by atoms with Crippen LogP contribution in [-0.2, 0) is 0 Å². The Kier molecular flexibility index (Phi) is 5.40. The van der Waals surface area contributed by atoms with Crippen molar-refractivity contribution in [3.8, 4) is 11.5 Å². The minimum Gasteiger partial charge on any atom is -0.457 e. The van der Waals surface area contributed by atoms with Gasteiger partial charge >= 0.3 is 0 Å². The van der Waals surface area contributed by atoms with Crippen molar-refractivity contribution < 1.29 is 9.53 Å². The van der Waals surface area contributed by atoms with E-state index in [0.717, 1.165) is 41.0 Å². The molecule has 1 aliphatic rings. The van der Waals surface area contributed by atoms with E-state index in [2.05, 4.69) is 20.6 Å². The van der Waals surface area contributed by atoms with Crippen LogP contribution in [0.1, 0.15) is 36.2 Å². The predicted octanol–water partition coefficient (Wildman–Crippen LogP) is 3.53. The van der Waals surface area contributed by atoms with Crippen LogP contribution in [-0.4, -0.2) is 35.0 Å². The van der Waals surface area contributed by atoms with Gasteiger partial charge in [0.1, 0.15) is 17.2 Å². The van der Waals surface area contributed by atoms with Crippen molar-refractivity contribution in [1.29, 1.82) is 0 Å². The quantitative estimate of drug-likeness (QED) is 0.609. The molecule has 146 valence electrons. The Morgan fingerprint density at radius 1 is 1.18 bits per heavy atom. The van der Waals surface area contributed by atoms with E-state index in [9.17, 15) is 4.79 Å². The molecule has 1 saturated carbocycles. The maximum absolute atomic E-state index is 11.7. The molecule has 0 radical (unpaired) electrons. The lowest BCUT2D eigenvalue weighted by molar-refractivity contribution is 0.0958. The van der Waals surface area contributed by atoms with Crippen LogP contribution in [0, 0.1) is 0 Å². The Balaban J connectivity index is 1.48. The molecule has 0 bridgehead atoms. The first-order valence-corrected chi connectivity index (χ1v) is 10.2. The number of ether oxygens (including phenoxy) is 1. The number of nitrogens with zero attached hydrogens (tertiary/aromatic N) is 2. The summed E-state index contributed by atoms with van der Waals surface area (Å²) in [5.41, 5.74) is 7.24. The number of nitrogens with one attached hydrogen (secondary N) is 2. The molecule has 8 heteroatoms. The van der Waals surface area contributed by atoms with E-state index < -0.39 is 0 Å². The van der Waals surface area contributed by atoms with Crippen LogP contribution < -0.4 is 21.1 Å². The van der Waals surface area contributed by atoms with Crippen molar-refractivity contribution in [1.82, 2.24) is 15.3 Å². The van der Waals surface area contributed by atoms with Gasteiger partial charge in [-0.05, 0) is 43.9 Å². The molecule has 1 amide bonds. The smallest absolute Gasteiger partial charge is 0.269 e. The molecule has 0 atom stereocenters. The fourth-order valence-electron chi connectivity index (χ4n) is 3.33.